The van der Waals surface area contributed by atoms with Gasteiger partial charge in [-0.05, 0) is 74.9 Å². The molecule has 0 bridgehead atoms. The molecule has 0 saturated heterocycles. The molecule has 33 heavy (non-hydrogen) atoms. The minimum absolute atomic E-state index is 0.0362. The smallest absolute Gasteiger partial charge is 0.254 e. The summed E-state index contributed by atoms with van der Waals surface area (Å²) in [5, 5.41) is 8.09. The largest absolute Gasteiger partial charge is 0.356 e. The number of fused-ring (bicyclic) bond motifs is 1. The van der Waals surface area contributed by atoms with Gasteiger partial charge in [0.15, 0.2) is 5.76 Å². The van der Waals surface area contributed by atoms with Crippen LogP contribution in [0, 0.1) is 13.8 Å². The summed E-state index contributed by atoms with van der Waals surface area (Å²) in [6.45, 7) is 4.88. The Hall–Kier alpha value is -3.71. The topological polar surface area (TPSA) is 84.2 Å². The Morgan fingerprint density at radius 1 is 1.03 bits per heavy atom. The van der Waals surface area contributed by atoms with E-state index in [0.717, 1.165) is 39.7 Å². The van der Waals surface area contributed by atoms with Crippen molar-refractivity contribution < 1.29 is 9.32 Å². The van der Waals surface area contributed by atoms with Crippen LogP contribution in [0.4, 0.5) is 11.6 Å². The molecule has 1 N–H and O–H groups in total. The first-order valence-corrected chi connectivity index (χ1v) is 11.1. The zero-order valence-corrected chi connectivity index (χ0v) is 19.1. The summed E-state index contributed by atoms with van der Waals surface area (Å²) in [5.74, 6) is 1.25. The summed E-state index contributed by atoms with van der Waals surface area (Å²) in [4.78, 5) is 23.7. The van der Waals surface area contributed by atoms with E-state index < -0.39 is 0 Å². The molecule has 0 fully saturated rings. The first-order valence-electron chi connectivity index (χ1n) is 10.7. The molecule has 8 heteroatoms. The highest BCUT2D eigenvalue weighted by Crippen LogP contribution is 2.31. The van der Waals surface area contributed by atoms with Gasteiger partial charge in [0.25, 0.3) is 5.91 Å². The van der Waals surface area contributed by atoms with Crippen molar-refractivity contribution in [3.05, 3.63) is 87.8 Å². The molecule has 0 atom stereocenters. The number of anilines is 2. The Morgan fingerprint density at radius 2 is 1.73 bits per heavy atom. The molecule has 0 saturated carbocycles. The Morgan fingerprint density at radius 3 is 2.42 bits per heavy atom. The van der Waals surface area contributed by atoms with E-state index >= 15 is 0 Å². The molecule has 5 rings (SSSR count). The first-order chi connectivity index (χ1) is 16.0. The number of carbonyl (C=O) groups is 1. The monoisotopic (exact) mass is 459 g/mol. The predicted molar refractivity (Wildman–Crippen MR) is 127 cm³/mol. The van der Waals surface area contributed by atoms with Crippen LogP contribution in [-0.2, 0) is 13.0 Å². The highest BCUT2D eigenvalue weighted by molar-refractivity contribution is 6.30. The molecule has 7 nitrogen and oxygen atoms in total. The molecule has 0 radical (unpaired) electrons. The number of amides is 1. The fraction of sp³-hybridized carbons (Fsp3) is 0.200. The van der Waals surface area contributed by atoms with Crippen LogP contribution < -0.4 is 5.32 Å². The summed E-state index contributed by atoms with van der Waals surface area (Å²) in [6.07, 6.45) is 0.687. The van der Waals surface area contributed by atoms with Gasteiger partial charge >= 0.3 is 0 Å². The number of aromatic nitrogens is 3. The maximum absolute atomic E-state index is 13.1. The Labute approximate surface area is 196 Å². The fourth-order valence-electron chi connectivity index (χ4n) is 4.02. The standard InChI is InChI=1S/C25H22ClN5O2/c1-15-13-16(2)28-25(27-15)29-20-9-5-18(6-10-20)24(32)31-12-11-21-22(14-31)30-33-23(21)17-3-7-19(26)8-4-17/h3-10,13H,11-12,14H2,1-2H3,(H,27,28,29). The third-order valence-corrected chi connectivity index (χ3v) is 5.86. The molecule has 0 aliphatic carbocycles. The van der Waals surface area contributed by atoms with Gasteiger partial charge < -0.3 is 14.7 Å². The van der Waals surface area contributed by atoms with Crippen molar-refractivity contribution in [2.24, 2.45) is 0 Å². The molecule has 4 aromatic rings. The van der Waals surface area contributed by atoms with E-state index in [4.69, 9.17) is 16.1 Å². The maximum Gasteiger partial charge on any atom is 0.254 e. The van der Waals surface area contributed by atoms with E-state index in [1.807, 2.05) is 68.4 Å². The summed E-state index contributed by atoms with van der Waals surface area (Å²) in [7, 11) is 0. The summed E-state index contributed by atoms with van der Waals surface area (Å²) < 4.78 is 5.62. The average Bonchev–Trinajstić information content (AvgIpc) is 3.22. The third-order valence-electron chi connectivity index (χ3n) is 5.61. The van der Waals surface area contributed by atoms with Crippen molar-refractivity contribution >= 4 is 29.1 Å². The first kappa shape index (κ1) is 21.2. The zero-order chi connectivity index (χ0) is 22.9. The van der Waals surface area contributed by atoms with E-state index in [9.17, 15) is 4.79 Å². The van der Waals surface area contributed by atoms with Gasteiger partial charge in [-0.2, -0.15) is 0 Å². The van der Waals surface area contributed by atoms with Gasteiger partial charge in [-0.3, -0.25) is 4.79 Å². The van der Waals surface area contributed by atoms with Crippen molar-refractivity contribution in [2.75, 3.05) is 11.9 Å². The number of aryl methyl sites for hydroxylation is 2. The molecular formula is C25H22ClN5O2. The SMILES string of the molecule is Cc1cc(C)nc(Nc2ccc(C(=O)N3CCc4c(noc4-c4ccc(Cl)cc4)C3)cc2)n1. The van der Waals surface area contributed by atoms with Crippen molar-refractivity contribution in [2.45, 2.75) is 26.8 Å². The lowest BCUT2D eigenvalue weighted by Gasteiger charge is -2.26. The molecular weight excluding hydrogens is 438 g/mol. The fourth-order valence-corrected chi connectivity index (χ4v) is 4.15. The van der Waals surface area contributed by atoms with Crippen molar-refractivity contribution in [3.8, 4) is 11.3 Å². The zero-order valence-electron chi connectivity index (χ0n) is 18.3. The van der Waals surface area contributed by atoms with Gasteiger partial charge in [0.2, 0.25) is 5.95 Å². The summed E-state index contributed by atoms with van der Waals surface area (Å²) in [5.41, 5.74) is 6.01. The molecule has 1 aliphatic heterocycles. The van der Waals surface area contributed by atoms with Crippen molar-refractivity contribution in [1.29, 1.82) is 0 Å². The molecule has 1 aliphatic rings. The van der Waals surface area contributed by atoms with Crippen LogP contribution in [0.1, 0.15) is 33.0 Å². The number of nitrogens with one attached hydrogen (secondary N) is 1. The third kappa shape index (κ3) is 4.45. The predicted octanol–water partition coefficient (Wildman–Crippen LogP) is 5.34. The van der Waals surface area contributed by atoms with E-state index in [0.29, 0.717) is 36.0 Å². The van der Waals surface area contributed by atoms with Crippen LogP contribution in [0.5, 0.6) is 0 Å². The quantitative estimate of drug-likeness (QED) is 0.443. The Kier molecular flexibility index (Phi) is 5.56. The second-order valence-corrected chi connectivity index (χ2v) is 8.53. The minimum atomic E-state index is -0.0362. The van der Waals surface area contributed by atoms with Crippen LogP contribution in [-0.4, -0.2) is 32.5 Å². The number of benzene rings is 2. The number of rotatable bonds is 4. The molecule has 1 amide bonds. The number of hydrogen-bond donors (Lipinski definition) is 1. The molecule has 0 spiro atoms. The van der Waals surface area contributed by atoms with Gasteiger partial charge in [-0.25, -0.2) is 9.97 Å². The van der Waals surface area contributed by atoms with E-state index in [-0.39, 0.29) is 5.91 Å². The lowest BCUT2D eigenvalue weighted by atomic mass is 10.00. The average molecular weight is 460 g/mol. The number of nitrogens with zero attached hydrogens (tertiary/aromatic N) is 4. The van der Waals surface area contributed by atoms with Crippen LogP contribution in [0.2, 0.25) is 5.02 Å². The van der Waals surface area contributed by atoms with Gasteiger partial charge in [0, 0.05) is 45.3 Å². The van der Waals surface area contributed by atoms with E-state index in [2.05, 4.69) is 20.4 Å². The van der Waals surface area contributed by atoms with E-state index in [1.54, 1.807) is 4.90 Å². The highest BCUT2D eigenvalue weighted by atomic mass is 35.5. The van der Waals surface area contributed by atoms with E-state index in [1.165, 1.54) is 0 Å². The van der Waals surface area contributed by atoms with Gasteiger partial charge in [0.05, 0.1) is 6.54 Å². The van der Waals surface area contributed by atoms with Crippen LogP contribution in [0.25, 0.3) is 11.3 Å². The highest BCUT2D eigenvalue weighted by Gasteiger charge is 2.27. The minimum Gasteiger partial charge on any atom is -0.356 e. The normalized spacial score (nSPS) is 13.0. The lowest BCUT2D eigenvalue weighted by Crippen LogP contribution is -2.35. The molecule has 0 unspecified atom stereocenters. The summed E-state index contributed by atoms with van der Waals surface area (Å²) in [6, 6.07) is 16.7. The van der Waals surface area contributed by atoms with Crippen molar-refractivity contribution in [3.63, 3.8) is 0 Å². The van der Waals surface area contributed by atoms with Crippen LogP contribution >= 0.6 is 11.6 Å². The lowest BCUT2D eigenvalue weighted by molar-refractivity contribution is 0.0731. The van der Waals surface area contributed by atoms with Gasteiger partial charge in [0.1, 0.15) is 5.69 Å². The van der Waals surface area contributed by atoms with Gasteiger partial charge in [-0.1, -0.05) is 16.8 Å². The second-order valence-electron chi connectivity index (χ2n) is 8.10. The van der Waals surface area contributed by atoms with Crippen molar-refractivity contribution in [1.82, 2.24) is 20.0 Å². The second kappa shape index (κ2) is 8.67. The molecule has 2 aromatic heterocycles. The Balaban J connectivity index is 1.28. The molecule has 3 heterocycles. The molecule has 166 valence electrons. The van der Waals surface area contributed by atoms with Crippen LogP contribution in [0.15, 0.2) is 59.1 Å². The number of carbonyl (C=O) groups excluding carboxylic acids is 1. The maximum atomic E-state index is 13.1. The number of hydrogen-bond acceptors (Lipinski definition) is 6. The Bertz CT molecular complexity index is 1300. The van der Waals surface area contributed by atoms with Gasteiger partial charge in [-0.15, -0.1) is 0 Å². The number of halogens is 1. The summed E-state index contributed by atoms with van der Waals surface area (Å²) >= 11 is 5.99. The van der Waals surface area contributed by atoms with Crippen LogP contribution in [0.3, 0.4) is 0 Å². The molecule has 2 aromatic carbocycles.